The van der Waals surface area contributed by atoms with Crippen molar-refractivity contribution in [2.24, 2.45) is 0 Å². The molecule has 0 saturated carbocycles. The van der Waals surface area contributed by atoms with Crippen molar-refractivity contribution in [1.82, 2.24) is 9.97 Å². The molecule has 1 N–H and O–H groups in total. The predicted molar refractivity (Wildman–Crippen MR) is 122 cm³/mol. The minimum atomic E-state index is 0.665. The molecule has 150 valence electrons. The molecule has 0 bridgehead atoms. The SMILES string of the molecule is Cc1cccc(N2CCN(c3cc(C)nc(Nc4c(C)cccc4C)n3)CC2)c1. The lowest BCUT2D eigenvalue weighted by Gasteiger charge is -2.37. The zero-order chi connectivity index (χ0) is 20.4. The normalized spacial score (nSPS) is 14.2. The number of hydrogen-bond acceptors (Lipinski definition) is 5. The summed E-state index contributed by atoms with van der Waals surface area (Å²) in [6, 6.07) is 17.1. The van der Waals surface area contributed by atoms with Gasteiger partial charge in [0, 0.05) is 49.3 Å². The van der Waals surface area contributed by atoms with Gasteiger partial charge >= 0.3 is 0 Å². The molecule has 2 heterocycles. The minimum Gasteiger partial charge on any atom is -0.368 e. The summed E-state index contributed by atoms with van der Waals surface area (Å²) < 4.78 is 0. The Morgan fingerprint density at radius 2 is 1.41 bits per heavy atom. The van der Waals surface area contributed by atoms with Crippen LogP contribution in [0.4, 0.5) is 23.1 Å². The highest BCUT2D eigenvalue weighted by Gasteiger charge is 2.19. The molecular weight excluding hydrogens is 358 g/mol. The van der Waals surface area contributed by atoms with Crippen LogP contribution in [-0.2, 0) is 0 Å². The Kier molecular flexibility index (Phi) is 5.38. The van der Waals surface area contributed by atoms with E-state index in [0.717, 1.165) is 43.4 Å². The fraction of sp³-hybridized carbons (Fsp3) is 0.333. The van der Waals surface area contributed by atoms with Crippen molar-refractivity contribution in [2.75, 3.05) is 41.3 Å². The molecule has 0 aliphatic carbocycles. The van der Waals surface area contributed by atoms with E-state index in [9.17, 15) is 0 Å². The molecule has 0 atom stereocenters. The maximum absolute atomic E-state index is 4.83. The average molecular weight is 388 g/mol. The van der Waals surface area contributed by atoms with E-state index >= 15 is 0 Å². The van der Waals surface area contributed by atoms with Crippen LogP contribution in [0.1, 0.15) is 22.4 Å². The van der Waals surface area contributed by atoms with Gasteiger partial charge in [0.15, 0.2) is 0 Å². The monoisotopic (exact) mass is 387 g/mol. The Balaban J connectivity index is 1.50. The molecule has 1 saturated heterocycles. The van der Waals surface area contributed by atoms with Gasteiger partial charge in [-0.15, -0.1) is 0 Å². The molecule has 3 aromatic rings. The van der Waals surface area contributed by atoms with E-state index in [-0.39, 0.29) is 0 Å². The van der Waals surface area contributed by atoms with Crippen LogP contribution in [0.5, 0.6) is 0 Å². The molecule has 0 spiro atoms. The molecule has 4 rings (SSSR count). The van der Waals surface area contributed by atoms with Gasteiger partial charge in [-0.25, -0.2) is 4.98 Å². The Labute approximate surface area is 173 Å². The van der Waals surface area contributed by atoms with Crippen LogP contribution in [0.25, 0.3) is 0 Å². The van der Waals surface area contributed by atoms with E-state index in [1.807, 2.05) is 6.92 Å². The van der Waals surface area contributed by atoms with Crippen molar-refractivity contribution in [3.05, 3.63) is 70.9 Å². The van der Waals surface area contributed by atoms with Gasteiger partial charge in [0.2, 0.25) is 5.95 Å². The van der Waals surface area contributed by atoms with E-state index in [1.54, 1.807) is 0 Å². The first-order valence-electron chi connectivity index (χ1n) is 10.2. The van der Waals surface area contributed by atoms with Crippen LogP contribution in [0.3, 0.4) is 0 Å². The third kappa shape index (κ3) is 4.34. The lowest BCUT2D eigenvalue weighted by atomic mass is 10.1. The van der Waals surface area contributed by atoms with Crippen molar-refractivity contribution in [1.29, 1.82) is 0 Å². The average Bonchev–Trinajstić information content (AvgIpc) is 2.71. The van der Waals surface area contributed by atoms with Gasteiger partial charge in [0.05, 0.1) is 0 Å². The Bertz CT molecular complexity index is 986. The molecule has 0 radical (unpaired) electrons. The van der Waals surface area contributed by atoms with Crippen LogP contribution in [0.15, 0.2) is 48.5 Å². The highest BCUT2D eigenvalue weighted by atomic mass is 15.3. The fourth-order valence-electron chi connectivity index (χ4n) is 3.91. The smallest absolute Gasteiger partial charge is 0.229 e. The number of para-hydroxylation sites is 1. The van der Waals surface area contributed by atoms with E-state index in [0.29, 0.717) is 5.95 Å². The zero-order valence-electron chi connectivity index (χ0n) is 17.7. The van der Waals surface area contributed by atoms with Gasteiger partial charge in [-0.1, -0.05) is 30.3 Å². The van der Waals surface area contributed by atoms with E-state index < -0.39 is 0 Å². The van der Waals surface area contributed by atoms with Crippen molar-refractivity contribution < 1.29 is 0 Å². The molecule has 1 aliphatic heterocycles. The highest BCUT2D eigenvalue weighted by molar-refractivity contribution is 5.64. The molecule has 1 fully saturated rings. The zero-order valence-corrected chi connectivity index (χ0v) is 17.7. The molecule has 1 aromatic heterocycles. The summed E-state index contributed by atoms with van der Waals surface area (Å²) in [6.45, 7) is 12.3. The third-order valence-electron chi connectivity index (χ3n) is 5.53. The van der Waals surface area contributed by atoms with E-state index in [2.05, 4.69) is 89.4 Å². The first-order valence-corrected chi connectivity index (χ1v) is 10.2. The topological polar surface area (TPSA) is 44.3 Å². The summed E-state index contributed by atoms with van der Waals surface area (Å²) in [6.07, 6.45) is 0. The van der Waals surface area contributed by atoms with Crippen LogP contribution in [-0.4, -0.2) is 36.1 Å². The molecule has 29 heavy (non-hydrogen) atoms. The summed E-state index contributed by atoms with van der Waals surface area (Å²) in [4.78, 5) is 14.3. The van der Waals surface area contributed by atoms with Crippen LogP contribution < -0.4 is 15.1 Å². The number of rotatable bonds is 4. The van der Waals surface area contributed by atoms with Crippen LogP contribution >= 0.6 is 0 Å². The Morgan fingerprint density at radius 3 is 2.10 bits per heavy atom. The van der Waals surface area contributed by atoms with Gasteiger partial charge in [0.25, 0.3) is 0 Å². The van der Waals surface area contributed by atoms with Gasteiger partial charge in [0.1, 0.15) is 5.82 Å². The second-order valence-electron chi connectivity index (χ2n) is 7.90. The molecule has 5 nitrogen and oxygen atoms in total. The van der Waals surface area contributed by atoms with Crippen molar-refractivity contribution in [3.63, 3.8) is 0 Å². The molecular formula is C24H29N5. The van der Waals surface area contributed by atoms with Gasteiger partial charge < -0.3 is 15.1 Å². The van der Waals surface area contributed by atoms with Crippen LogP contribution in [0, 0.1) is 27.7 Å². The molecule has 2 aromatic carbocycles. The maximum atomic E-state index is 4.83. The number of aryl methyl sites for hydroxylation is 4. The number of hydrogen-bond donors (Lipinski definition) is 1. The van der Waals surface area contributed by atoms with Crippen molar-refractivity contribution in [3.8, 4) is 0 Å². The summed E-state index contributed by atoms with van der Waals surface area (Å²) >= 11 is 0. The van der Waals surface area contributed by atoms with Crippen molar-refractivity contribution in [2.45, 2.75) is 27.7 Å². The number of anilines is 4. The quantitative estimate of drug-likeness (QED) is 0.698. The minimum absolute atomic E-state index is 0.665. The summed E-state index contributed by atoms with van der Waals surface area (Å²) in [5.41, 5.74) is 7.07. The molecule has 5 heteroatoms. The molecule has 1 aliphatic rings. The first kappa shape index (κ1) is 19.2. The Hall–Kier alpha value is -3.08. The number of benzene rings is 2. The van der Waals surface area contributed by atoms with E-state index in [1.165, 1.54) is 22.4 Å². The summed E-state index contributed by atoms with van der Waals surface area (Å²) in [7, 11) is 0. The van der Waals surface area contributed by atoms with Crippen LogP contribution in [0.2, 0.25) is 0 Å². The number of piperazine rings is 1. The first-order chi connectivity index (χ1) is 14.0. The fourth-order valence-corrected chi connectivity index (χ4v) is 3.91. The number of aromatic nitrogens is 2. The lowest BCUT2D eigenvalue weighted by molar-refractivity contribution is 0.646. The summed E-state index contributed by atoms with van der Waals surface area (Å²) in [5, 5.41) is 3.44. The van der Waals surface area contributed by atoms with E-state index in [4.69, 9.17) is 4.98 Å². The maximum Gasteiger partial charge on any atom is 0.229 e. The van der Waals surface area contributed by atoms with Crippen molar-refractivity contribution >= 4 is 23.1 Å². The highest BCUT2D eigenvalue weighted by Crippen LogP contribution is 2.25. The second-order valence-corrected chi connectivity index (χ2v) is 7.90. The van der Waals surface area contributed by atoms with Gasteiger partial charge in [-0.2, -0.15) is 4.98 Å². The number of nitrogens with zero attached hydrogens (tertiary/aromatic N) is 4. The Morgan fingerprint density at radius 1 is 0.759 bits per heavy atom. The molecule has 0 amide bonds. The number of nitrogens with one attached hydrogen (secondary N) is 1. The largest absolute Gasteiger partial charge is 0.368 e. The van der Waals surface area contributed by atoms with Gasteiger partial charge in [-0.05, 0) is 56.5 Å². The predicted octanol–water partition coefficient (Wildman–Crippen LogP) is 4.78. The lowest BCUT2D eigenvalue weighted by Crippen LogP contribution is -2.47. The van der Waals surface area contributed by atoms with Gasteiger partial charge in [-0.3, -0.25) is 0 Å². The summed E-state index contributed by atoms with van der Waals surface area (Å²) in [5.74, 6) is 1.66. The third-order valence-corrected chi connectivity index (χ3v) is 5.53. The molecule has 0 unspecified atom stereocenters. The standard InChI is InChI=1S/C24H29N5/c1-17-7-5-10-21(15-17)28-11-13-29(14-12-28)22-16-20(4)25-24(26-22)27-23-18(2)8-6-9-19(23)3/h5-10,15-16H,11-14H2,1-4H3,(H,25,26,27). The second kappa shape index (κ2) is 8.11.